The van der Waals surface area contributed by atoms with Gasteiger partial charge in [0.25, 0.3) is 0 Å². The molecule has 0 bridgehead atoms. The van der Waals surface area contributed by atoms with Crippen molar-refractivity contribution in [2.75, 3.05) is 5.32 Å². The number of rotatable bonds is 4. The van der Waals surface area contributed by atoms with Crippen molar-refractivity contribution in [3.63, 3.8) is 0 Å². The van der Waals surface area contributed by atoms with E-state index in [9.17, 15) is 0 Å². The Morgan fingerprint density at radius 1 is 1.05 bits per heavy atom. The number of hydrogen-bond acceptors (Lipinski definition) is 4. The van der Waals surface area contributed by atoms with Crippen molar-refractivity contribution < 1.29 is 4.42 Å². The third-order valence-corrected chi connectivity index (χ3v) is 2.80. The maximum Gasteiger partial charge on any atom is 0.181 e. The summed E-state index contributed by atoms with van der Waals surface area (Å²) in [6.07, 6.45) is 6.77. The van der Waals surface area contributed by atoms with Gasteiger partial charge in [-0.2, -0.15) is 0 Å². The van der Waals surface area contributed by atoms with Crippen LogP contribution in [0, 0.1) is 0 Å². The predicted octanol–water partition coefficient (Wildman–Crippen LogP) is 3.35. The highest BCUT2D eigenvalue weighted by atomic mass is 16.3. The van der Waals surface area contributed by atoms with E-state index in [1.807, 2.05) is 42.6 Å². The minimum atomic E-state index is 0.744. The van der Waals surface area contributed by atoms with Gasteiger partial charge in [-0.05, 0) is 23.8 Å². The molecular formula is C15H13N3O. The van der Waals surface area contributed by atoms with Gasteiger partial charge in [0.1, 0.15) is 0 Å². The Balaban J connectivity index is 1.74. The lowest BCUT2D eigenvalue weighted by Gasteiger charge is -2.07. The maximum atomic E-state index is 5.29. The van der Waals surface area contributed by atoms with Gasteiger partial charge >= 0.3 is 0 Å². The summed E-state index contributed by atoms with van der Waals surface area (Å²) in [7, 11) is 0. The summed E-state index contributed by atoms with van der Waals surface area (Å²) in [6.45, 7) is 0.744. The maximum absolute atomic E-state index is 5.29. The molecule has 0 fully saturated rings. The second-order valence-electron chi connectivity index (χ2n) is 4.16. The summed E-state index contributed by atoms with van der Waals surface area (Å²) in [5, 5.41) is 3.36. The fourth-order valence-electron chi connectivity index (χ4n) is 1.85. The molecule has 3 rings (SSSR count). The van der Waals surface area contributed by atoms with Crippen molar-refractivity contribution in [1.82, 2.24) is 9.97 Å². The van der Waals surface area contributed by atoms with Crippen LogP contribution in [0.15, 0.2) is 65.8 Å². The highest BCUT2D eigenvalue weighted by Gasteiger charge is 2.02. The summed E-state index contributed by atoms with van der Waals surface area (Å²) in [6, 6.07) is 12.0. The van der Waals surface area contributed by atoms with E-state index in [1.165, 1.54) is 6.39 Å². The average molecular weight is 251 g/mol. The summed E-state index contributed by atoms with van der Waals surface area (Å²) in [5.41, 5.74) is 3.19. The van der Waals surface area contributed by atoms with Crippen molar-refractivity contribution in [3.05, 3.63) is 66.9 Å². The second kappa shape index (κ2) is 5.35. The molecule has 4 heteroatoms. The van der Waals surface area contributed by atoms with Gasteiger partial charge in [-0.1, -0.05) is 18.2 Å². The van der Waals surface area contributed by atoms with E-state index in [2.05, 4.69) is 15.3 Å². The molecule has 0 aliphatic rings. The van der Waals surface area contributed by atoms with Gasteiger partial charge in [-0.15, -0.1) is 0 Å². The van der Waals surface area contributed by atoms with Crippen LogP contribution in [0.2, 0.25) is 0 Å². The van der Waals surface area contributed by atoms with Crippen LogP contribution in [0.3, 0.4) is 0 Å². The Hall–Kier alpha value is -2.62. The van der Waals surface area contributed by atoms with Gasteiger partial charge in [0.15, 0.2) is 12.2 Å². The van der Waals surface area contributed by atoms with E-state index in [4.69, 9.17) is 4.42 Å². The zero-order chi connectivity index (χ0) is 12.9. The molecule has 2 aromatic heterocycles. The third kappa shape index (κ3) is 2.80. The number of pyridine rings is 1. The molecule has 0 aliphatic heterocycles. The van der Waals surface area contributed by atoms with E-state index in [0.717, 1.165) is 29.1 Å². The van der Waals surface area contributed by atoms with Gasteiger partial charge in [-0.3, -0.25) is 4.98 Å². The first-order chi connectivity index (χ1) is 9.42. The summed E-state index contributed by atoms with van der Waals surface area (Å²) in [5.74, 6) is 0.769. The molecule has 0 spiro atoms. The topological polar surface area (TPSA) is 51.0 Å². The number of anilines is 1. The minimum absolute atomic E-state index is 0.744. The van der Waals surface area contributed by atoms with Crippen LogP contribution < -0.4 is 5.32 Å². The first kappa shape index (κ1) is 11.5. The first-order valence-corrected chi connectivity index (χ1v) is 6.03. The molecule has 0 radical (unpaired) electrons. The summed E-state index contributed by atoms with van der Waals surface area (Å²) >= 11 is 0. The van der Waals surface area contributed by atoms with Gasteiger partial charge in [-0.25, -0.2) is 4.98 Å². The first-order valence-electron chi connectivity index (χ1n) is 6.03. The molecule has 0 saturated carbocycles. The van der Waals surface area contributed by atoms with Crippen molar-refractivity contribution >= 4 is 5.69 Å². The predicted molar refractivity (Wildman–Crippen MR) is 73.5 cm³/mol. The molecule has 0 atom stereocenters. The van der Waals surface area contributed by atoms with E-state index in [0.29, 0.717) is 0 Å². The number of oxazole rings is 1. The number of nitrogens with one attached hydrogen (secondary N) is 1. The van der Waals surface area contributed by atoms with Crippen LogP contribution in [-0.2, 0) is 6.54 Å². The van der Waals surface area contributed by atoms with E-state index < -0.39 is 0 Å². The quantitative estimate of drug-likeness (QED) is 0.772. The van der Waals surface area contributed by atoms with E-state index in [-0.39, 0.29) is 0 Å². The fourth-order valence-corrected chi connectivity index (χ4v) is 1.85. The molecule has 94 valence electrons. The van der Waals surface area contributed by atoms with Crippen LogP contribution in [0.4, 0.5) is 5.69 Å². The lowest BCUT2D eigenvalue weighted by atomic mass is 10.1. The molecule has 0 aliphatic carbocycles. The Morgan fingerprint density at radius 2 is 2.05 bits per heavy atom. The van der Waals surface area contributed by atoms with Crippen molar-refractivity contribution in [3.8, 4) is 11.3 Å². The normalized spacial score (nSPS) is 10.3. The zero-order valence-electron chi connectivity index (χ0n) is 10.3. The number of hydrogen-bond donors (Lipinski definition) is 1. The fraction of sp³-hybridized carbons (Fsp3) is 0.0667. The average Bonchev–Trinajstić information content (AvgIpc) is 3.01. The van der Waals surface area contributed by atoms with Crippen LogP contribution in [0.25, 0.3) is 11.3 Å². The van der Waals surface area contributed by atoms with Crippen molar-refractivity contribution in [1.29, 1.82) is 0 Å². The van der Waals surface area contributed by atoms with Crippen LogP contribution in [0.1, 0.15) is 5.56 Å². The highest BCUT2D eigenvalue weighted by Crippen LogP contribution is 2.22. The number of benzene rings is 1. The van der Waals surface area contributed by atoms with Gasteiger partial charge in [0.05, 0.1) is 6.20 Å². The molecule has 4 nitrogen and oxygen atoms in total. The zero-order valence-corrected chi connectivity index (χ0v) is 10.3. The molecule has 3 aromatic rings. The Labute approximate surface area is 111 Å². The smallest absolute Gasteiger partial charge is 0.181 e. The van der Waals surface area contributed by atoms with Crippen LogP contribution >= 0.6 is 0 Å². The largest absolute Gasteiger partial charge is 0.444 e. The van der Waals surface area contributed by atoms with Gasteiger partial charge < -0.3 is 9.73 Å². The van der Waals surface area contributed by atoms with Crippen LogP contribution in [-0.4, -0.2) is 9.97 Å². The highest BCUT2D eigenvalue weighted by molar-refractivity contribution is 5.63. The lowest BCUT2D eigenvalue weighted by molar-refractivity contribution is 0.572. The number of nitrogens with zero attached hydrogens (tertiary/aromatic N) is 2. The molecule has 0 unspecified atom stereocenters. The van der Waals surface area contributed by atoms with E-state index in [1.54, 1.807) is 12.4 Å². The van der Waals surface area contributed by atoms with Gasteiger partial charge in [0, 0.05) is 30.2 Å². The number of aromatic nitrogens is 2. The van der Waals surface area contributed by atoms with Crippen molar-refractivity contribution in [2.45, 2.75) is 6.54 Å². The van der Waals surface area contributed by atoms with Crippen LogP contribution in [0.5, 0.6) is 0 Å². The second-order valence-corrected chi connectivity index (χ2v) is 4.16. The van der Waals surface area contributed by atoms with Gasteiger partial charge in [0.2, 0.25) is 0 Å². The molecule has 2 heterocycles. The Morgan fingerprint density at radius 3 is 2.84 bits per heavy atom. The van der Waals surface area contributed by atoms with Crippen molar-refractivity contribution in [2.24, 2.45) is 0 Å². The van der Waals surface area contributed by atoms with E-state index >= 15 is 0 Å². The monoisotopic (exact) mass is 251 g/mol. The molecule has 1 aromatic carbocycles. The minimum Gasteiger partial charge on any atom is -0.444 e. The third-order valence-electron chi connectivity index (χ3n) is 2.80. The summed E-state index contributed by atoms with van der Waals surface area (Å²) < 4.78 is 5.29. The molecule has 0 saturated heterocycles. The molecular weight excluding hydrogens is 238 g/mol. The Kier molecular flexibility index (Phi) is 3.23. The lowest BCUT2D eigenvalue weighted by Crippen LogP contribution is -1.99. The SMILES string of the molecule is c1cncc(CNc2cccc(-c3cnco3)c2)c1. The Bertz CT molecular complexity index is 636. The molecule has 1 N–H and O–H groups in total. The standard InChI is InChI=1S/C15H13N3O/c1-4-13(15-10-17-11-19-15)7-14(5-1)18-9-12-3-2-6-16-8-12/h1-8,10-11,18H,9H2. The summed E-state index contributed by atoms with van der Waals surface area (Å²) in [4.78, 5) is 8.02. The molecule has 19 heavy (non-hydrogen) atoms. The molecule has 0 amide bonds.